The van der Waals surface area contributed by atoms with Gasteiger partial charge in [-0.3, -0.25) is 9.59 Å². The molecule has 2 heterocycles. The highest BCUT2D eigenvalue weighted by Gasteiger charge is 2.10. The van der Waals surface area contributed by atoms with Crippen LogP contribution in [0.15, 0.2) is 42.7 Å². The van der Waals surface area contributed by atoms with Crippen LogP contribution >= 0.6 is 0 Å². The molecule has 0 saturated heterocycles. The van der Waals surface area contributed by atoms with Crippen molar-refractivity contribution in [3.05, 3.63) is 56.2 Å². The van der Waals surface area contributed by atoms with Gasteiger partial charge in [-0.2, -0.15) is 0 Å². The monoisotopic (exact) mass is 270 g/mol. The molecule has 4 nitrogen and oxygen atoms in total. The molecule has 0 fully saturated rings. The molecule has 102 valence electrons. The molecule has 0 unspecified atom stereocenters. The van der Waals surface area contributed by atoms with Crippen LogP contribution in [0.1, 0.15) is 25.4 Å². The summed E-state index contributed by atoms with van der Waals surface area (Å²) in [6.07, 6.45) is 1.28. The molecule has 4 heteroatoms. The molecule has 0 atom stereocenters. The standard InChI is InChI=1S/C16H14O4/c1-3-9-5-13(17)11-7-12-14(18)6-10(4-2)20-16(12)8-15(11)19-9/h5-8H,3-4H2,1-2H3. The van der Waals surface area contributed by atoms with Crippen LogP contribution in [0.4, 0.5) is 0 Å². The summed E-state index contributed by atoms with van der Waals surface area (Å²) in [6.45, 7) is 3.83. The van der Waals surface area contributed by atoms with Gasteiger partial charge in [-0.05, 0) is 6.07 Å². The highest BCUT2D eigenvalue weighted by Crippen LogP contribution is 2.20. The Bertz CT molecular complexity index is 842. The fourth-order valence-electron chi connectivity index (χ4n) is 2.25. The molecule has 0 aliphatic carbocycles. The number of benzene rings is 1. The highest BCUT2D eigenvalue weighted by molar-refractivity contribution is 5.92. The number of aryl methyl sites for hydroxylation is 2. The van der Waals surface area contributed by atoms with Gasteiger partial charge < -0.3 is 8.83 Å². The first-order valence-electron chi connectivity index (χ1n) is 6.66. The zero-order valence-corrected chi connectivity index (χ0v) is 11.4. The van der Waals surface area contributed by atoms with Crippen molar-refractivity contribution >= 4 is 21.9 Å². The van der Waals surface area contributed by atoms with Gasteiger partial charge in [0.2, 0.25) is 0 Å². The van der Waals surface area contributed by atoms with E-state index in [4.69, 9.17) is 8.83 Å². The smallest absolute Gasteiger partial charge is 0.192 e. The van der Waals surface area contributed by atoms with E-state index in [2.05, 4.69) is 0 Å². The van der Waals surface area contributed by atoms with E-state index in [1.165, 1.54) is 12.1 Å². The predicted molar refractivity (Wildman–Crippen MR) is 77.3 cm³/mol. The van der Waals surface area contributed by atoms with Gasteiger partial charge in [-0.25, -0.2) is 0 Å². The Morgan fingerprint density at radius 3 is 1.60 bits per heavy atom. The number of hydrogen-bond acceptors (Lipinski definition) is 4. The summed E-state index contributed by atoms with van der Waals surface area (Å²) in [5, 5.41) is 0.817. The fraction of sp³-hybridized carbons (Fsp3) is 0.250. The molecular weight excluding hydrogens is 256 g/mol. The number of fused-ring (bicyclic) bond motifs is 2. The van der Waals surface area contributed by atoms with Gasteiger partial charge in [0, 0.05) is 31.0 Å². The maximum atomic E-state index is 12.0. The van der Waals surface area contributed by atoms with E-state index in [0.29, 0.717) is 46.3 Å². The minimum atomic E-state index is -0.135. The van der Waals surface area contributed by atoms with Crippen LogP contribution in [0, 0.1) is 0 Å². The molecule has 0 amide bonds. The summed E-state index contributed by atoms with van der Waals surface area (Å²) in [4.78, 5) is 24.1. The lowest BCUT2D eigenvalue weighted by Crippen LogP contribution is -2.05. The second kappa shape index (κ2) is 4.63. The lowest BCUT2D eigenvalue weighted by Gasteiger charge is -2.04. The molecule has 0 bridgehead atoms. The Balaban J connectivity index is 2.46. The van der Waals surface area contributed by atoms with Crippen LogP contribution in [0.2, 0.25) is 0 Å². The maximum Gasteiger partial charge on any atom is 0.192 e. The Morgan fingerprint density at radius 1 is 0.750 bits per heavy atom. The van der Waals surface area contributed by atoms with E-state index >= 15 is 0 Å². The molecule has 3 aromatic rings. The van der Waals surface area contributed by atoms with Crippen LogP contribution < -0.4 is 10.9 Å². The number of hydrogen-bond donors (Lipinski definition) is 0. The molecule has 0 aliphatic heterocycles. The fourth-order valence-corrected chi connectivity index (χ4v) is 2.25. The third kappa shape index (κ3) is 1.93. The van der Waals surface area contributed by atoms with Crippen LogP contribution in [0.3, 0.4) is 0 Å². The van der Waals surface area contributed by atoms with Gasteiger partial charge in [0.15, 0.2) is 10.9 Å². The second-order valence-corrected chi connectivity index (χ2v) is 4.71. The van der Waals surface area contributed by atoms with E-state index in [1.807, 2.05) is 13.8 Å². The minimum Gasteiger partial charge on any atom is -0.461 e. The Labute approximate surface area is 114 Å². The first-order chi connectivity index (χ1) is 9.62. The normalized spacial score (nSPS) is 11.3. The summed E-state index contributed by atoms with van der Waals surface area (Å²) < 4.78 is 11.3. The molecule has 3 rings (SSSR count). The molecular formula is C16H14O4. The number of rotatable bonds is 2. The quantitative estimate of drug-likeness (QED) is 0.671. The molecule has 0 saturated carbocycles. The largest absolute Gasteiger partial charge is 0.461 e. The first-order valence-corrected chi connectivity index (χ1v) is 6.66. The van der Waals surface area contributed by atoms with Gasteiger partial charge >= 0.3 is 0 Å². The summed E-state index contributed by atoms with van der Waals surface area (Å²) in [6, 6.07) is 6.12. The third-order valence-electron chi connectivity index (χ3n) is 3.38. The van der Waals surface area contributed by atoms with Crippen molar-refractivity contribution in [1.29, 1.82) is 0 Å². The van der Waals surface area contributed by atoms with Gasteiger partial charge in [-0.1, -0.05) is 13.8 Å². The molecule has 0 aliphatic rings. The third-order valence-corrected chi connectivity index (χ3v) is 3.38. The van der Waals surface area contributed by atoms with Crippen LogP contribution in [0.25, 0.3) is 21.9 Å². The second-order valence-electron chi connectivity index (χ2n) is 4.71. The lowest BCUT2D eigenvalue weighted by molar-refractivity contribution is 0.533. The van der Waals surface area contributed by atoms with E-state index in [1.54, 1.807) is 12.1 Å². The summed E-state index contributed by atoms with van der Waals surface area (Å²) in [5.74, 6) is 1.24. The van der Waals surface area contributed by atoms with Crippen molar-refractivity contribution < 1.29 is 8.83 Å². The minimum absolute atomic E-state index is 0.135. The zero-order chi connectivity index (χ0) is 14.3. The highest BCUT2D eigenvalue weighted by atomic mass is 16.3. The Hall–Kier alpha value is -2.36. The first kappa shape index (κ1) is 12.7. The van der Waals surface area contributed by atoms with Crippen LogP contribution in [-0.4, -0.2) is 0 Å². The van der Waals surface area contributed by atoms with E-state index in [-0.39, 0.29) is 10.9 Å². The SMILES string of the molecule is CCc1cc(=O)c2cc3c(=O)cc(CC)oc3cc2o1. The van der Waals surface area contributed by atoms with Crippen molar-refractivity contribution in [3.8, 4) is 0 Å². The molecule has 0 radical (unpaired) electrons. The van der Waals surface area contributed by atoms with E-state index < -0.39 is 0 Å². The van der Waals surface area contributed by atoms with E-state index in [9.17, 15) is 9.59 Å². The van der Waals surface area contributed by atoms with E-state index in [0.717, 1.165) is 0 Å². The maximum absolute atomic E-state index is 12.0. The van der Waals surface area contributed by atoms with Crippen LogP contribution in [0.5, 0.6) is 0 Å². The van der Waals surface area contributed by atoms with Gasteiger partial charge in [0.25, 0.3) is 0 Å². The van der Waals surface area contributed by atoms with Gasteiger partial charge in [0.1, 0.15) is 22.7 Å². The average molecular weight is 270 g/mol. The summed E-state index contributed by atoms with van der Waals surface area (Å²) in [7, 11) is 0. The Morgan fingerprint density at radius 2 is 1.20 bits per heavy atom. The summed E-state index contributed by atoms with van der Waals surface area (Å²) >= 11 is 0. The molecule has 2 aromatic heterocycles. The molecule has 20 heavy (non-hydrogen) atoms. The van der Waals surface area contributed by atoms with Gasteiger partial charge in [-0.15, -0.1) is 0 Å². The van der Waals surface area contributed by atoms with Crippen molar-refractivity contribution in [2.45, 2.75) is 26.7 Å². The van der Waals surface area contributed by atoms with Crippen molar-refractivity contribution in [2.75, 3.05) is 0 Å². The Kier molecular flexibility index (Phi) is 2.93. The molecule has 1 aromatic carbocycles. The van der Waals surface area contributed by atoms with Crippen LogP contribution in [-0.2, 0) is 12.8 Å². The molecule has 0 spiro atoms. The van der Waals surface area contributed by atoms with Crippen molar-refractivity contribution in [2.24, 2.45) is 0 Å². The zero-order valence-electron chi connectivity index (χ0n) is 11.4. The lowest BCUT2D eigenvalue weighted by atomic mass is 10.1. The van der Waals surface area contributed by atoms with Crippen molar-refractivity contribution in [1.82, 2.24) is 0 Å². The topological polar surface area (TPSA) is 60.4 Å². The van der Waals surface area contributed by atoms with Gasteiger partial charge in [0.05, 0.1) is 10.8 Å². The average Bonchev–Trinajstić information content (AvgIpc) is 2.45. The van der Waals surface area contributed by atoms with Crippen molar-refractivity contribution in [3.63, 3.8) is 0 Å². The predicted octanol–water partition coefficient (Wildman–Crippen LogP) is 3.02. The molecule has 0 N–H and O–H groups in total. The summed E-state index contributed by atoms with van der Waals surface area (Å²) in [5.41, 5.74) is 0.643.